The highest BCUT2D eigenvalue weighted by atomic mass is 32.2. The molecule has 0 spiro atoms. The molecule has 0 amide bonds. The van der Waals surface area contributed by atoms with Gasteiger partial charge in [0.1, 0.15) is 5.75 Å². The van der Waals surface area contributed by atoms with Crippen molar-refractivity contribution in [3.8, 4) is 0 Å². The lowest BCUT2D eigenvalue weighted by Crippen LogP contribution is -2.52. The van der Waals surface area contributed by atoms with Crippen LogP contribution in [0.1, 0.15) is 26.7 Å². The lowest BCUT2D eigenvalue weighted by molar-refractivity contribution is -0.137. The lowest BCUT2D eigenvalue weighted by atomic mass is 9.80. The summed E-state index contributed by atoms with van der Waals surface area (Å²) in [4.78, 5) is 11.2. The van der Waals surface area contributed by atoms with Gasteiger partial charge in [-0.15, -0.1) is 0 Å². The van der Waals surface area contributed by atoms with Gasteiger partial charge in [0.25, 0.3) is 0 Å². The van der Waals surface area contributed by atoms with E-state index >= 15 is 0 Å². The van der Waals surface area contributed by atoms with Crippen LogP contribution < -0.4 is 5.32 Å². The second kappa shape index (κ2) is 6.02. The summed E-state index contributed by atoms with van der Waals surface area (Å²) in [6.07, 6.45) is 1.70. The maximum absolute atomic E-state index is 12.3. The van der Waals surface area contributed by atoms with Crippen molar-refractivity contribution < 1.29 is 17.9 Å². The quantitative estimate of drug-likeness (QED) is 0.762. The van der Waals surface area contributed by atoms with E-state index < -0.39 is 26.8 Å². The summed E-state index contributed by atoms with van der Waals surface area (Å²) in [5, 5.41) is 2.58. The Morgan fingerprint density at radius 2 is 1.94 bits per heavy atom. The van der Waals surface area contributed by atoms with Crippen molar-refractivity contribution in [1.29, 1.82) is 0 Å². The first-order valence-electron chi connectivity index (χ1n) is 6.27. The molecule has 106 valence electrons. The van der Waals surface area contributed by atoms with Crippen LogP contribution >= 0.6 is 0 Å². The molecule has 0 bridgehead atoms. The molecular formula is C12H23NO4S. The summed E-state index contributed by atoms with van der Waals surface area (Å²) in [6.45, 7) is 4.07. The van der Waals surface area contributed by atoms with Gasteiger partial charge in [0, 0.05) is 6.04 Å². The SMILES string of the molecule is CNC1CC(C)CC(C)C1S(=O)(=O)CC(=O)OC. The standard InChI is InChI=1S/C12H23NO4S/c1-8-5-9(2)12(10(6-8)13-3)18(15,16)7-11(14)17-4/h8-10,12-13H,5-7H2,1-4H3. The van der Waals surface area contributed by atoms with Crippen molar-refractivity contribution in [2.75, 3.05) is 19.9 Å². The van der Waals surface area contributed by atoms with Crippen LogP contribution in [-0.4, -0.2) is 45.6 Å². The van der Waals surface area contributed by atoms with Gasteiger partial charge in [-0.25, -0.2) is 8.42 Å². The van der Waals surface area contributed by atoms with E-state index in [0.717, 1.165) is 12.8 Å². The van der Waals surface area contributed by atoms with E-state index in [4.69, 9.17) is 0 Å². The Morgan fingerprint density at radius 1 is 1.33 bits per heavy atom. The van der Waals surface area contributed by atoms with E-state index in [1.165, 1.54) is 7.11 Å². The fourth-order valence-corrected chi connectivity index (χ4v) is 5.24. The molecule has 4 unspecified atom stereocenters. The van der Waals surface area contributed by atoms with E-state index in [1.807, 2.05) is 6.92 Å². The summed E-state index contributed by atoms with van der Waals surface area (Å²) in [5.74, 6) is -0.649. The molecule has 0 saturated heterocycles. The molecule has 1 N–H and O–H groups in total. The average Bonchev–Trinajstić information content (AvgIpc) is 2.26. The minimum absolute atomic E-state index is 0.0563. The molecule has 0 aliphatic heterocycles. The predicted octanol–water partition coefficient (Wildman–Crippen LogP) is 0.597. The third kappa shape index (κ3) is 3.45. The van der Waals surface area contributed by atoms with Crippen LogP contribution in [-0.2, 0) is 19.4 Å². The van der Waals surface area contributed by atoms with Crippen LogP contribution in [0.25, 0.3) is 0 Å². The van der Waals surface area contributed by atoms with E-state index in [2.05, 4.69) is 17.0 Å². The number of hydrogen-bond acceptors (Lipinski definition) is 5. The normalized spacial score (nSPS) is 33.1. The molecule has 0 aromatic rings. The van der Waals surface area contributed by atoms with Crippen LogP contribution in [0.5, 0.6) is 0 Å². The van der Waals surface area contributed by atoms with Gasteiger partial charge in [-0.1, -0.05) is 13.8 Å². The van der Waals surface area contributed by atoms with E-state index in [-0.39, 0.29) is 12.0 Å². The molecule has 1 saturated carbocycles. The first-order chi connectivity index (χ1) is 8.31. The van der Waals surface area contributed by atoms with Crippen molar-refractivity contribution in [2.45, 2.75) is 38.0 Å². The highest BCUT2D eigenvalue weighted by Crippen LogP contribution is 2.33. The zero-order valence-corrected chi connectivity index (χ0v) is 12.3. The zero-order chi connectivity index (χ0) is 13.9. The fraction of sp³-hybridized carbons (Fsp3) is 0.917. The van der Waals surface area contributed by atoms with Crippen molar-refractivity contribution in [1.82, 2.24) is 5.32 Å². The molecule has 0 aromatic carbocycles. The van der Waals surface area contributed by atoms with Crippen LogP contribution in [0, 0.1) is 11.8 Å². The van der Waals surface area contributed by atoms with Crippen LogP contribution in [0.3, 0.4) is 0 Å². The van der Waals surface area contributed by atoms with Gasteiger partial charge in [-0.3, -0.25) is 4.79 Å². The summed E-state index contributed by atoms with van der Waals surface area (Å²) in [6, 6.07) is -0.0848. The van der Waals surface area contributed by atoms with Gasteiger partial charge in [0.05, 0.1) is 12.4 Å². The molecule has 1 aliphatic rings. The van der Waals surface area contributed by atoms with E-state index in [9.17, 15) is 13.2 Å². The summed E-state index contributed by atoms with van der Waals surface area (Å²) in [5.41, 5.74) is 0. The topological polar surface area (TPSA) is 72.5 Å². The number of nitrogens with one attached hydrogen (secondary N) is 1. The largest absolute Gasteiger partial charge is 0.468 e. The van der Waals surface area contributed by atoms with Crippen molar-refractivity contribution in [3.05, 3.63) is 0 Å². The minimum atomic E-state index is -3.47. The third-order valence-corrected chi connectivity index (χ3v) is 5.98. The van der Waals surface area contributed by atoms with Crippen molar-refractivity contribution in [2.24, 2.45) is 11.8 Å². The maximum atomic E-state index is 12.3. The van der Waals surface area contributed by atoms with Gasteiger partial charge in [0.2, 0.25) is 0 Å². The van der Waals surface area contributed by atoms with E-state index in [0.29, 0.717) is 5.92 Å². The molecule has 0 heterocycles. The Kier molecular flexibility index (Phi) is 5.16. The number of hydrogen-bond donors (Lipinski definition) is 1. The van der Waals surface area contributed by atoms with Crippen molar-refractivity contribution >= 4 is 15.8 Å². The average molecular weight is 277 g/mol. The summed E-state index contributed by atoms with van der Waals surface area (Å²) < 4.78 is 29.1. The van der Waals surface area contributed by atoms with Gasteiger partial charge in [0.15, 0.2) is 9.84 Å². The fourth-order valence-electron chi connectivity index (χ4n) is 3.03. The zero-order valence-electron chi connectivity index (χ0n) is 11.5. The Balaban J connectivity index is 2.93. The first kappa shape index (κ1) is 15.4. The predicted molar refractivity (Wildman–Crippen MR) is 70.0 cm³/mol. The molecule has 4 atom stereocenters. The Labute approximate surface area is 109 Å². The molecule has 1 fully saturated rings. The minimum Gasteiger partial charge on any atom is -0.468 e. The Morgan fingerprint density at radius 3 is 2.44 bits per heavy atom. The van der Waals surface area contributed by atoms with Crippen LogP contribution in [0.15, 0.2) is 0 Å². The molecule has 0 radical (unpaired) electrons. The van der Waals surface area contributed by atoms with Gasteiger partial charge in [-0.2, -0.15) is 0 Å². The van der Waals surface area contributed by atoms with Crippen LogP contribution in [0.2, 0.25) is 0 Å². The number of ether oxygens (including phenoxy) is 1. The molecule has 6 heteroatoms. The highest BCUT2D eigenvalue weighted by molar-refractivity contribution is 7.92. The first-order valence-corrected chi connectivity index (χ1v) is 7.99. The number of esters is 1. The Bertz CT molecular complexity index is 393. The highest BCUT2D eigenvalue weighted by Gasteiger charge is 2.42. The van der Waals surface area contributed by atoms with Crippen LogP contribution in [0.4, 0.5) is 0 Å². The van der Waals surface area contributed by atoms with Gasteiger partial charge in [-0.05, 0) is 31.7 Å². The Hall–Kier alpha value is -0.620. The van der Waals surface area contributed by atoms with Crippen molar-refractivity contribution in [3.63, 3.8) is 0 Å². The maximum Gasteiger partial charge on any atom is 0.320 e. The monoisotopic (exact) mass is 277 g/mol. The van der Waals surface area contributed by atoms with E-state index in [1.54, 1.807) is 7.05 Å². The number of sulfone groups is 1. The smallest absolute Gasteiger partial charge is 0.320 e. The number of carbonyl (C=O) groups excluding carboxylic acids is 1. The van der Waals surface area contributed by atoms with Gasteiger partial charge >= 0.3 is 5.97 Å². The number of carbonyl (C=O) groups is 1. The molecule has 1 rings (SSSR count). The second-order valence-corrected chi connectivity index (χ2v) is 7.46. The molecule has 0 aromatic heterocycles. The number of methoxy groups -OCH3 is 1. The summed E-state index contributed by atoms with van der Waals surface area (Å²) >= 11 is 0. The summed E-state index contributed by atoms with van der Waals surface area (Å²) in [7, 11) is -0.484. The molecular weight excluding hydrogens is 254 g/mol. The lowest BCUT2D eigenvalue weighted by Gasteiger charge is -2.38. The second-order valence-electron chi connectivity index (χ2n) is 5.30. The molecule has 18 heavy (non-hydrogen) atoms. The third-order valence-electron chi connectivity index (χ3n) is 3.72. The number of rotatable bonds is 4. The molecule has 1 aliphatic carbocycles. The molecule has 5 nitrogen and oxygen atoms in total. The van der Waals surface area contributed by atoms with Gasteiger partial charge < -0.3 is 10.1 Å².